The van der Waals surface area contributed by atoms with Crippen molar-refractivity contribution in [3.63, 3.8) is 0 Å². The number of carbonyl (C=O) groups excluding carboxylic acids is 1. The first-order valence-electron chi connectivity index (χ1n) is 10.5. The molecule has 1 aliphatic carbocycles. The van der Waals surface area contributed by atoms with Crippen LogP contribution in [0.4, 0.5) is 0 Å². The van der Waals surface area contributed by atoms with Gasteiger partial charge < -0.3 is 14.6 Å². The molecule has 0 spiro atoms. The van der Waals surface area contributed by atoms with E-state index in [1.54, 1.807) is 6.08 Å². The Hall–Kier alpha value is -2.66. The summed E-state index contributed by atoms with van der Waals surface area (Å²) in [5.41, 5.74) is 3.62. The number of carbonyl (C=O) groups is 1. The molecule has 1 saturated heterocycles. The minimum Gasteiger partial charge on any atom is -0.512 e. The van der Waals surface area contributed by atoms with Crippen LogP contribution in [0.25, 0.3) is 11.1 Å². The van der Waals surface area contributed by atoms with E-state index in [-0.39, 0.29) is 17.5 Å². The lowest BCUT2D eigenvalue weighted by molar-refractivity contribution is -0.115. The van der Waals surface area contributed by atoms with Crippen LogP contribution >= 0.6 is 0 Å². The first-order chi connectivity index (χ1) is 14.5. The summed E-state index contributed by atoms with van der Waals surface area (Å²) >= 11 is 0. The van der Waals surface area contributed by atoms with Crippen molar-refractivity contribution in [2.75, 3.05) is 20.3 Å². The lowest BCUT2D eigenvalue weighted by atomic mass is 9.77. The SMILES string of the molecule is C=C/C(=C(\N=C)OC)c1ccc(C)c(C2=C(O)CC(CC3CCOCC3)CC2=O)c1. The first kappa shape index (κ1) is 22.0. The van der Waals surface area contributed by atoms with Crippen molar-refractivity contribution in [2.24, 2.45) is 16.8 Å². The Kier molecular flexibility index (Phi) is 7.27. The Labute approximate surface area is 178 Å². The van der Waals surface area contributed by atoms with E-state index in [0.29, 0.717) is 35.8 Å². The average Bonchev–Trinajstić information content (AvgIpc) is 2.73. The Morgan fingerprint density at radius 1 is 1.30 bits per heavy atom. The summed E-state index contributed by atoms with van der Waals surface area (Å²) in [5, 5.41) is 10.9. The molecule has 5 nitrogen and oxygen atoms in total. The number of hydrogen-bond donors (Lipinski definition) is 1. The minimum absolute atomic E-state index is 0.00834. The van der Waals surface area contributed by atoms with Crippen molar-refractivity contribution in [1.29, 1.82) is 0 Å². The monoisotopic (exact) mass is 409 g/mol. The zero-order chi connectivity index (χ0) is 21.7. The summed E-state index contributed by atoms with van der Waals surface area (Å²) in [6.07, 6.45) is 5.73. The second-order valence-corrected chi connectivity index (χ2v) is 8.13. The van der Waals surface area contributed by atoms with Crippen molar-refractivity contribution in [3.05, 3.63) is 59.2 Å². The molecule has 0 radical (unpaired) electrons. The maximum absolute atomic E-state index is 13.1. The summed E-state index contributed by atoms with van der Waals surface area (Å²) < 4.78 is 10.7. The van der Waals surface area contributed by atoms with Gasteiger partial charge in [0.1, 0.15) is 5.76 Å². The smallest absolute Gasteiger partial charge is 0.220 e. The highest BCUT2D eigenvalue weighted by atomic mass is 16.5. The van der Waals surface area contributed by atoms with Gasteiger partial charge in [-0.3, -0.25) is 4.79 Å². The zero-order valence-electron chi connectivity index (χ0n) is 17.9. The summed E-state index contributed by atoms with van der Waals surface area (Å²) in [5.74, 6) is 1.34. The van der Waals surface area contributed by atoms with Crippen LogP contribution in [0.3, 0.4) is 0 Å². The summed E-state index contributed by atoms with van der Waals surface area (Å²) in [7, 11) is 1.53. The molecule has 1 unspecified atom stereocenters. The molecule has 0 amide bonds. The molecule has 3 rings (SSSR count). The topological polar surface area (TPSA) is 68.1 Å². The standard InChI is InChI=1S/C25H31NO4/c1-5-20(25(26-3)29-4)19-7-6-16(2)21(15-19)24-22(27)13-18(14-23(24)28)12-17-8-10-30-11-9-17/h5-7,15,17-18,27H,1,3,8-14H2,2,4H3/b25-20-. The van der Waals surface area contributed by atoms with E-state index in [2.05, 4.69) is 18.3 Å². The number of methoxy groups -OCH3 is 1. The third-order valence-electron chi connectivity index (χ3n) is 6.12. The number of benzene rings is 1. The van der Waals surface area contributed by atoms with E-state index in [9.17, 15) is 9.90 Å². The largest absolute Gasteiger partial charge is 0.512 e. The van der Waals surface area contributed by atoms with Gasteiger partial charge >= 0.3 is 0 Å². The van der Waals surface area contributed by atoms with E-state index in [1.165, 1.54) is 7.11 Å². The second kappa shape index (κ2) is 9.90. The van der Waals surface area contributed by atoms with E-state index < -0.39 is 0 Å². The van der Waals surface area contributed by atoms with Gasteiger partial charge in [0.05, 0.1) is 12.7 Å². The van der Waals surface area contributed by atoms with Gasteiger partial charge in [0.25, 0.3) is 0 Å². The summed E-state index contributed by atoms with van der Waals surface area (Å²) in [4.78, 5) is 17.0. The molecule has 0 bridgehead atoms. The number of hydrogen-bond acceptors (Lipinski definition) is 5. The number of rotatable bonds is 7. The molecule has 2 aliphatic rings. The number of ether oxygens (including phenoxy) is 2. The van der Waals surface area contributed by atoms with Gasteiger partial charge in [0.15, 0.2) is 5.78 Å². The maximum Gasteiger partial charge on any atom is 0.220 e. The molecule has 160 valence electrons. The van der Waals surface area contributed by atoms with Crippen molar-refractivity contribution in [2.45, 2.75) is 39.0 Å². The molecule has 0 aromatic heterocycles. The van der Waals surface area contributed by atoms with Crippen LogP contribution in [-0.4, -0.2) is 37.9 Å². The van der Waals surface area contributed by atoms with Gasteiger partial charge in [0, 0.05) is 31.6 Å². The molecule has 1 N–H and O–H groups in total. The van der Waals surface area contributed by atoms with Gasteiger partial charge in [-0.05, 0) is 67.5 Å². The highest BCUT2D eigenvalue weighted by molar-refractivity contribution is 6.22. The number of aliphatic hydroxyl groups is 1. The zero-order valence-corrected chi connectivity index (χ0v) is 17.9. The molecule has 1 heterocycles. The first-order valence-corrected chi connectivity index (χ1v) is 10.5. The average molecular weight is 410 g/mol. The number of nitrogens with zero attached hydrogens (tertiary/aromatic N) is 1. The minimum atomic E-state index is 0.00834. The number of aliphatic hydroxyl groups excluding tert-OH is 1. The van der Waals surface area contributed by atoms with Crippen LogP contribution in [-0.2, 0) is 14.3 Å². The van der Waals surface area contributed by atoms with Crippen LogP contribution < -0.4 is 0 Å². The highest BCUT2D eigenvalue weighted by Crippen LogP contribution is 2.38. The summed E-state index contributed by atoms with van der Waals surface area (Å²) in [6, 6.07) is 5.77. The van der Waals surface area contributed by atoms with Gasteiger partial charge in [0.2, 0.25) is 5.88 Å². The van der Waals surface area contributed by atoms with E-state index in [1.807, 2.05) is 25.1 Å². The molecular formula is C25H31NO4. The van der Waals surface area contributed by atoms with Gasteiger partial charge in [-0.1, -0.05) is 24.8 Å². The predicted octanol–water partition coefficient (Wildman–Crippen LogP) is 5.26. The molecule has 1 fully saturated rings. The second-order valence-electron chi connectivity index (χ2n) is 8.13. The number of ketones is 1. The quantitative estimate of drug-likeness (QED) is 0.379. The van der Waals surface area contributed by atoms with Crippen molar-refractivity contribution in [1.82, 2.24) is 0 Å². The summed E-state index contributed by atoms with van der Waals surface area (Å²) in [6.45, 7) is 10.9. The Morgan fingerprint density at radius 3 is 2.63 bits per heavy atom. The Morgan fingerprint density at radius 2 is 2.03 bits per heavy atom. The van der Waals surface area contributed by atoms with Crippen LogP contribution in [0, 0.1) is 18.8 Å². The van der Waals surface area contributed by atoms with E-state index in [4.69, 9.17) is 9.47 Å². The Bertz CT molecular complexity index is 890. The molecule has 5 heteroatoms. The highest BCUT2D eigenvalue weighted by Gasteiger charge is 2.31. The van der Waals surface area contributed by atoms with Crippen LogP contribution in [0.5, 0.6) is 0 Å². The third-order valence-corrected chi connectivity index (χ3v) is 6.12. The number of aryl methyl sites for hydroxylation is 1. The molecule has 1 atom stereocenters. The number of aliphatic imine (C=N–C) groups is 1. The third kappa shape index (κ3) is 4.73. The van der Waals surface area contributed by atoms with Gasteiger partial charge in [-0.2, -0.15) is 0 Å². The molecular weight excluding hydrogens is 378 g/mol. The fourth-order valence-corrected chi connectivity index (χ4v) is 4.55. The van der Waals surface area contributed by atoms with Crippen molar-refractivity contribution in [3.8, 4) is 0 Å². The van der Waals surface area contributed by atoms with Gasteiger partial charge in [-0.15, -0.1) is 0 Å². The normalized spacial score (nSPS) is 21.3. The molecule has 1 aromatic rings. The lowest BCUT2D eigenvalue weighted by Crippen LogP contribution is -2.24. The molecule has 30 heavy (non-hydrogen) atoms. The number of allylic oxidation sites excluding steroid dienone is 4. The van der Waals surface area contributed by atoms with Gasteiger partial charge in [-0.25, -0.2) is 4.99 Å². The maximum atomic E-state index is 13.1. The fourth-order valence-electron chi connectivity index (χ4n) is 4.55. The van der Waals surface area contributed by atoms with E-state index in [0.717, 1.165) is 49.2 Å². The molecule has 0 saturated carbocycles. The lowest BCUT2D eigenvalue weighted by Gasteiger charge is -2.29. The van der Waals surface area contributed by atoms with Crippen LogP contribution in [0.15, 0.2) is 47.5 Å². The fraction of sp³-hybridized carbons (Fsp3) is 0.440. The van der Waals surface area contributed by atoms with Crippen LogP contribution in [0.1, 0.15) is 48.8 Å². The predicted molar refractivity (Wildman–Crippen MR) is 120 cm³/mol. The molecule has 1 aliphatic heterocycles. The number of Topliss-reactive ketones (excluding diaryl/α,β-unsaturated/α-hetero) is 1. The van der Waals surface area contributed by atoms with Crippen LogP contribution in [0.2, 0.25) is 0 Å². The van der Waals surface area contributed by atoms with E-state index >= 15 is 0 Å². The van der Waals surface area contributed by atoms with Crippen molar-refractivity contribution < 1.29 is 19.4 Å². The molecule has 1 aromatic carbocycles. The van der Waals surface area contributed by atoms with Crippen molar-refractivity contribution >= 4 is 23.6 Å². The Balaban J connectivity index is 1.91.